The highest BCUT2D eigenvalue weighted by molar-refractivity contribution is 8.01. The van der Waals surface area contributed by atoms with E-state index in [-0.39, 0.29) is 36.5 Å². The third-order valence-electron chi connectivity index (χ3n) is 6.07. The number of cyclic esters (lactones) is 1. The number of halogens is 1. The van der Waals surface area contributed by atoms with Crippen LogP contribution in [0.2, 0.25) is 0 Å². The molecule has 31 heavy (non-hydrogen) atoms. The molecule has 2 aliphatic rings. The van der Waals surface area contributed by atoms with E-state index in [2.05, 4.69) is 4.98 Å². The minimum Gasteiger partial charge on any atom is -0.476 e. The maximum Gasteiger partial charge on any atom is 0.410 e. The summed E-state index contributed by atoms with van der Waals surface area (Å²) >= 11 is 2.66. The van der Waals surface area contributed by atoms with Crippen LogP contribution in [0.1, 0.15) is 55.4 Å². The molecule has 2 atom stereocenters. The van der Waals surface area contributed by atoms with E-state index >= 15 is 0 Å². The Morgan fingerprint density at radius 2 is 2.26 bits per heavy atom. The topological polar surface area (TPSA) is 100.0 Å². The number of ether oxygens (including phenoxy) is 1. The lowest BCUT2D eigenvalue weighted by Crippen LogP contribution is -2.41. The molecule has 1 aliphatic heterocycles. The molecule has 10 heteroatoms. The molecule has 0 unspecified atom stereocenters. The Balaban J connectivity index is 1.50. The second-order valence-corrected chi connectivity index (χ2v) is 10.2. The van der Waals surface area contributed by atoms with Gasteiger partial charge in [0.15, 0.2) is 10.0 Å². The molecule has 1 saturated heterocycles. The summed E-state index contributed by atoms with van der Waals surface area (Å²) < 4.78 is 18.1. The van der Waals surface area contributed by atoms with Crippen molar-refractivity contribution in [3.63, 3.8) is 0 Å². The number of hydrogen-bond acceptors (Lipinski definition) is 7. The maximum absolute atomic E-state index is 12.3. The molecular weight excluding hydrogens is 443 g/mol. The SMILES string of the molecule is O=C(O)c1csc(SCCN2C(=O)OC[C@@H]2/C=C/[C@@H](O)C2(CCCCCF)CCC2)n1. The minimum atomic E-state index is -1.05. The average molecular weight is 473 g/mol. The number of amides is 1. The zero-order valence-electron chi connectivity index (χ0n) is 17.4. The summed E-state index contributed by atoms with van der Waals surface area (Å²) in [5, 5.41) is 21.2. The number of unbranched alkanes of at least 4 members (excludes halogenated alkanes) is 2. The maximum atomic E-state index is 12.3. The number of rotatable bonds is 13. The second-order valence-electron chi connectivity index (χ2n) is 8.04. The number of aromatic nitrogens is 1. The molecule has 172 valence electrons. The highest BCUT2D eigenvalue weighted by atomic mass is 32.2. The fourth-order valence-electron chi connectivity index (χ4n) is 4.05. The predicted molar refractivity (Wildman–Crippen MR) is 118 cm³/mol. The molecule has 1 aromatic heterocycles. The van der Waals surface area contributed by atoms with Crippen molar-refractivity contribution in [3.8, 4) is 0 Å². The number of aliphatic hydroxyl groups excluding tert-OH is 1. The molecule has 0 bridgehead atoms. The Bertz CT molecular complexity index is 784. The smallest absolute Gasteiger partial charge is 0.410 e. The van der Waals surface area contributed by atoms with Crippen LogP contribution in [0.3, 0.4) is 0 Å². The van der Waals surface area contributed by atoms with Crippen LogP contribution in [0.5, 0.6) is 0 Å². The van der Waals surface area contributed by atoms with E-state index in [1.165, 1.54) is 28.5 Å². The number of carbonyl (C=O) groups is 2. The number of thiazole rings is 1. The van der Waals surface area contributed by atoms with E-state index in [1.807, 2.05) is 6.08 Å². The van der Waals surface area contributed by atoms with Crippen molar-refractivity contribution in [3.05, 3.63) is 23.2 Å². The van der Waals surface area contributed by atoms with Crippen LogP contribution in [0.4, 0.5) is 9.18 Å². The van der Waals surface area contributed by atoms with E-state index in [0.717, 1.165) is 38.5 Å². The van der Waals surface area contributed by atoms with Crippen LogP contribution in [-0.2, 0) is 4.74 Å². The Labute approximate surface area is 189 Å². The molecule has 1 saturated carbocycles. The second kappa shape index (κ2) is 11.3. The van der Waals surface area contributed by atoms with E-state index in [9.17, 15) is 19.1 Å². The Kier molecular flexibility index (Phi) is 8.74. The predicted octanol–water partition coefficient (Wildman–Crippen LogP) is 4.37. The molecule has 2 N–H and O–H groups in total. The quantitative estimate of drug-likeness (QED) is 0.250. The van der Waals surface area contributed by atoms with E-state index in [0.29, 0.717) is 23.1 Å². The summed E-state index contributed by atoms with van der Waals surface area (Å²) in [6.45, 7) is 0.393. The van der Waals surface area contributed by atoms with Crippen LogP contribution < -0.4 is 0 Å². The van der Waals surface area contributed by atoms with Crippen molar-refractivity contribution in [2.75, 3.05) is 25.6 Å². The van der Waals surface area contributed by atoms with E-state index in [1.54, 1.807) is 11.0 Å². The van der Waals surface area contributed by atoms with Crippen LogP contribution in [0.15, 0.2) is 21.9 Å². The first-order valence-electron chi connectivity index (χ1n) is 10.6. The molecular formula is C21H29FN2O5S2. The molecule has 7 nitrogen and oxygen atoms in total. The number of carbonyl (C=O) groups excluding carboxylic acids is 1. The molecule has 2 heterocycles. The first-order valence-corrected chi connectivity index (χ1v) is 12.5. The van der Waals surface area contributed by atoms with Crippen molar-refractivity contribution in [1.29, 1.82) is 0 Å². The summed E-state index contributed by atoms with van der Waals surface area (Å²) in [7, 11) is 0. The zero-order valence-corrected chi connectivity index (χ0v) is 19.0. The molecule has 0 aromatic carbocycles. The van der Waals surface area contributed by atoms with Crippen molar-refractivity contribution >= 4 is 35.2 Å². The summed E-state index contributed by atoms with van der Waals surface area (Å²) in [4.78, 5) is 28.7. The van der Waals surface area contributed by atoms with E-state index in [4.69, 9.17) is 9.84 Å². The van der Waals surface area contributed by atoms with Gasteiger partial charge in [0.1, 0.15) is 6.61 Å². The number of thioether (sulfide) groups is 1. The van der Waals surface area contributed by atoms with Gasteiger partial charge in [0.05, 0.1) is 18.8 Å². The van der Waals surface area contributed by atoms with Gasteiger partial charge in [-0.2, -0.15) is 0 Å². The number of aromatic carboxylic acids is 1. The fourth-order valence-corrected chi connectivity index (χ4v) is 5.85. The molecule has 1 aliphatic carbocycles. The lowest BCUT2D eigenvalue weighted by atomic mass is 9.62. The number of alkyl halides is 1. The van der Waals surface area contributed by atoms with Crippen molar-refractivity contribution < 1.29 is 28.9 Å². The first-order chi connectivity index (χ1) is 14.9. The standard InChI is InChI=1S/C21H29FN2O5S2/c22-10-3-1-2-7-21(8-4-9-21)17(25)6-5-15-13-29-20(28)24(15)11-12-30-19-23-16(14-31-19)18(26)27/h5-6,14-15,17,25H,1-4,7-13H2,(H,26,27)/b6-5+/t15-,17+/m0/s1. The summed E-state index contributed by atoms with van der Waals surface area (Å²) in [5.74, 6) is -0.491. The number of carboxylic acids is 1. The molecule has 0 spiro atoms. The van der Waals surface area contributed by atoms with Gasteiger partial charge in [-0.15, -0.1) is 11.3 Å². The van der Waals surface area contributed by atoms with Gasteiger partial charge in [-0.1, -0.05) is 43.2 Å². The van der Waals surface area contributed by atoms with Crippen LogP contribution in [-0.4, -0.2) is 69.9 Å². The van der Waals surface area contributed by atoms with Gasteiger partial charge in [-0.05, 0) is 31.1 Å². The van der Waals surface area contributed by atoms with Crippen LogP contribution >= 0.6 is 23.1 Å². The fraction of sp³-hybridized carbons (Fsp3) is 0.667. The van der Waals surface area contributed by atoms with Gasteiger partial charge < -0.3 is 14.9 Å². The monoisotopic (exact) mass is 472 g/mol. The van der Waals surface area contributed by atoms with Crippen LogP contribution in [0, 0.1) is 5.41 Å². The van der Waals surface area contributed by atoms with Crippen molar-refractivity contribution in [2.45, 2.75) is 61.4 Å². The number of hydrogen-bond donors (Lipinski definition) is 2. The van der Waals surface area contributed by atoms with Gasteiger partial charge in [-0.25, -0.2) is 14.6 Å². The largest absolute Gasteiger partial charge is 0.476 e. The van der Waals surface area contributed by atoms with Gasteiger partial charge in [-0.3, -0.25) is 9.29 Å². The highest BCUT2D eigenvalue weighted by Crippen LogP contribution is 2.48. The number of aliphatic hydroxyl groups is 1. The summed E-state index contributed by atoms with van der Waals surface area (Å²) in [5.41, 5.74) is -0.0959. The Morgan fingerprint density at radius 3 is 2.90 bits per heavy atom. The normalized spacial score (nSPS) is 21.3. The molecule has 0 radical (unpaired) electrons. The minimum absolute atomic E-state index is 0.0255. The summed E-state index contributed by atoms with van der Waals surface area (Å²) in [6, 6.07) is -0.239. The molecule has 1 amide bonds. The highest BCUT2D eigenvalue weighted by Gasteiger charge is 2.42. The van der Waals surface area contributed by atoms with Gasteiger partial charge in [0.2, 0.25) is 0 Å². The summed E-state index contributed by atoms with van der Waals surface area (Å²) in [6.07, 6.45) is 8.96. The van der Waals surface area contributed by atoms with Crippen molar-refractivity contribution in [1.82, 2.24) is 9.88 Å². The number of nitrogens with zero attached hydrogens (tertiary/aromatic N) is 2. The lowest BCUT2D eigenvalue weighted by molar-refractivity contribution is -0.0146. The van der Waals surface area contributed by atoms with Gasteiger partial charge in [0, 0.05) is 17.7 Å². The molecule has 2 fully saturated rings. The van der Waals surface area contributed by atoms with E-state index < -0.39 is 12.1 Å². The van der Waals surface area contributed by atoms with Crippen molar-refractivity contribution in [2.24, 2.45) is 5.41 Å². The molecule has 3 rings (SSSR count). The zero-order chi connectivity index (χ0) is 22.3. The third kappa shape index (κ3) is 6.20. The van der Waals surface area contributed by atoms with Gasteiger partial charge >= 0.3 is 12.1 Å². The Hall–Kier alpha value is -1.65. The molecule has 1 aromatic rings. The first kappa shape index (κ1) is 24.0. The third-order valence-corrected chi connectivity index (χ3v) is 8.07. The Morgan fingerprint density at radius 1 is 1.45 bits per heavy atom. The number of carboxylic acid groups (broad SMARTS) is 1. The van der Waals surface area contributed by atoms with Crippen LogP contribution in [0.25, 0.3) is 0 Å². The lowest BCUT2D eigenvalue weighted by Gasteiger charge is -2.45. The average Bonchev–Trinajstić information content (AvgIpc) is 3.32. The van der Waals surface area contributed by atoms with Gasteiger partial charge in [0.25, 0.3) is 0 Å².